The highest BCUT2D eigenvalue weighted by Gasteiger charge is 2.15. The van der Waals surface area contributed by atoms with E-state index in [-0.39, 0.29) is 5.41 Å². The van der Waals surface area contributed by atoms with Crippen molar-refractivity contribution in [2.45, 2.75) is 41.2 Å². The first kappa shape index (κ1) is 11.8. The molecule has 0 spiro atoms. The molecular weight excluding hydrogens is 190 g/mol. The van der Waals surface area contributed by atoms with Crippen molar-refractivity contribution in [3.8, 4) is 0 Å². The fraction of sp³-hybridized carbons (Fsp3) is 0.636. The average Bonchev–Trinajstić information content (AvgIpc) is 2.41. The van der Waals surface area contributed by atoms with Gasteiger partial charge in [0.1, 0.15) is 12.3 Å². The van der Waals surface area contributed by atoms with E-state index in [2.05, 4.69) is 9.98 Å². The molecular formula is C11H19N3O. The van der Waals surface area contributed by atoms with Crippen molar-refractivity contribution in [3.63, 3.8) is 0 Å². The van der Waals surface area contributed by atoms with Crippen LogP contribution in [0.2, 0.25) is 0 Å². The van der Waals surface area contributed by atoms with E-state index >= 15 is 0 Å². The topological polar surface area (TPSA) is 64.4 Å². The van der Waals surface area contributed by atoms with E-state index < -0.39 is 0 Å². The van der Waals surface area contributed by atoms with Crippen LogP contribution >= 0.6 is 0 Å². The van der Waals surface area contributed by atoms with Gasteiger partial charge in [-0.1, -0.05) is 20.8 Å². The number of hydrogen-bond acceptors (Lipinski definition) is 3. The van der Waals surface area contributed by atoms with Gasteiger partial charge in [0, 0.05) is 5.41 Å². The van der Waals surface area contributed by atoms with Crippen LogP contribution in [0.3, 0.4) is 0 Å². The van der Waals surface area contributed by atoms with E-state index in [1.807, 2.05) is 34.6 Å². The summed E-state index contributed by atoms with van der Waals surface area (Å²) in [4.78, 5) is 8.49. The summed E-state index contributed by atoms with van der Waals surface area (Å²) in [6.45, 7) is 10.3. The molecule has 0 saturated heterocycles. The van der Waals surface area contributed by atoms with Crippen LogP contribution in [0.15, 0.2) is 9.41 Å². The maximum atomic E-state index is 5.82. The van der Waals surface area contributed by atoms with Gasteiger partial charge in [0.25, 0.3) is 0 Å². The zero-order valence-corrected chi connectivity index (χ0v) is 10.1. The predicted molar refractivity (Wildman–Crippen MR) is 60.8 cm³/mol. The third kappa shape index (κ3) is 3.08. The molecule has 0 saturated carbocycles. The number of amidine groups is 1. The van der Waals surface area contributed by atoms with Crippen LogP contribution in [0.5, 0.6) is 0 Å². The van der Waals surface area contributed by atoms with Gasteiger partial charge in [-0.2, -0.15) is 0 Å². The van der Waals surface area contributed by atoms with Gasteiger partial charge in [0.15, 0.2) is 0 Å². The monoisotopic (exact) mass is 209 g/mol. The molecule has 0 fully saturated rings. The van der Waals surface area contributed by atoms with Crippen molar-refractivity contribution >= 4 is 5.84 Å². The lowest BCUT2D eigenvalue weighted by atomic mass is 9.95. The smallest absolute Gasteiger partial charge is 0.216 e. The van der Waals surface area contributed by atoms with Crippen molar-refractivity contribution in [1.82, 2.24) is 4.98 Å². The molecule has 1 aromatic heterocycles. The van der Waals surface area contributed by atoms with Crippen molar-refractivity contribution in [2.24, 2.45) is 16.1 Å². The maximum Gasteiger partial charge on any atom is 0.216 e. The molecule has 2 N–H and O–H groups in total. The molecule has 0 aromatic carbocycles. The average molecular weight is 209 g/mol. The van der Waals surface area contributed by atoms with Gasteiger partial charge in [0.05, 0.1) is 11.5 Å². The molecule has 1 aromatic rings. The first-order valence-corrected chi connectivity index (χ1v) is 5.04. The third-order valence-electron chi connectivity index (χ3n) is 2.23. The summed E-state index contributed by atoms with van der Waals surface area (Å²) < 4.78 is 5.40. The van der Waals surface area contributed by atoms with Gasteiger partial charge in [-0.15, -0.1) is 0 Å². The van der Waals surface area contributed by atoms with Crippen LogP contribution < -0.4 is 5.73 Å². The molecule has 84 valence electrons. The second kappa shape index (κ2) is 4.04. The van der Waals surface area contributed by atoms with Gasteiger partial charge in [0.2, 0.25) is 5.89 Å². The number of aromatic nitrogens is 1. The highest BCUT2D eigenvalue weighted by Crippen LogP contribution is 2.14. The summed E-state index contributed by atoms with van der Waals surface area (Å²) in [5.74, 6) is 2.09. The Bertz CT molecular complexity index is 352. The quantitative estimate of drug-likeness (QED) is 0.600. The molecule has 15 heavy (non-hydrogen) atoms. The fourth-order valence-electron chi connectivity index (χ4n) is 0.997. The van der Waals surface area contributed by atoms with E-state index in [9.17, 15) is 0 Å². The third-order valence-corrected chi connectivity index (χ3v) is 2.23. The molecule has 1 rings (SSSR count). The first-order valence-electron chi connectivity index (χ1n) is 5.04. The zero-order valence-electron chi connectivity index (χ0n) is 10.1. The molecule has 0 aliphatic rings. The molecule has 0 radical (unpaired) electrons. The van der Waals surface area contributed by atoms with E-state index in [4.69, 9.17) is 10.2 Å². The Morgan fingerprint density at radius 2 is 2.00 bits per heavy atom. The number of rotatable bonds is 2. The minimum absolute atomic E-state index is 0.101. The molecule has 0 aliphatic heterocycles. The number of hydrogen-bond donors (Lipinski definition) is 1. The van der Waals surface area contributed by atoms with Gasteiger partial charge < -0.3 is 10.2 Å². The zero-order chi connectivity index (χ0) is 11.6. The molecule has 4 heteroatoms. The van der Waals surface area contributed by atoms with Gasteiger partial charge in [-0.05, 0) is 13.8 Å². The Morgan fingerprint density at radius 3 is 2.40 bits per heavy atom. The van der Waals surface area contributed by atoms with Gasteiger partial charge >= 0.3 is 0 Å². The van der Waals surface area contributed by atoms with E-state index in [0.717, 1.165) is 11.5 Å². The largest absolute Gasteiger partial charge is 0.444 e. The van der Waals surface area contributed by atoms with Crippen molar-refractivity contribution in [3.05, 3.63) is 17.3 Å². The summed E-state index contributed by atoms with van der Waals surface area (Å²) >= 11 is 0. The maximum absolute atomic E-state index is 5.82. The Morgan fingerprint density at radius 1 is 1.40 bits per heavy atom. The number of nitrogens with two attached hydrogens (primary N) is 1. The highest BCUT2D eigenvalue weighted by atomic mass is 16.4. The van der Waals surface area contributed by atoms with Crippen LogP contribution in [0.1, 0.15) is 38.1 Å². The van der Waals surface area contributed by atoms with E-state index in [1.54, 1.807) is 0 Å². The molecule has 4 nitrogen and oxygen atoms in total. The second-order valence-corrected chi connectivity index (χ2v) is 4.70. The lowest BCUT2D eigenvalue weighted by Gasteiger charge is -2.16. The Balaban J connectivity index is 2.72. The van der Waals surface area contributed by atoms with Crippen LogP contribution in [0.4, 0.5) is 0 Å². The summed E-state index contributed by atoms with van der Waals surface area (Å²) in [6.07, 6.45) is 0. The highest BCUT2D eigenvalue weighted by molar-refractivity contribution is 5.85. The normalized spacial score (nSPS) is 13.3. The Hall–Kier alpha value is -1.32. The Labute approximate surface area is 90.6 Å². The second-order valence-electron chi connectivity index (χ2n) is 4.70. The molecule has 0 aliphatic carbocycles. The standard InChI is InChI=1S/C11H19N3O/c1-7-8(2)15-9(14-7)6-13-10(12)11(3,4)5/h6H2,1-5H3,(H2,12,13). The Kier molecular flexibility index (Phi) is 3.17. The van der Waals surface area contributed by atoms with E-state index in [1.165, 1.54) is 0 Å². The predicted octanol–water partition coefficient (Wildman–Crippen LogP) is 2.19. The summed E-state index contributed by atoms with van der Waals surface area (Å²) in [5.41, 5.74) is 6.64. The van der Waals surface area contributed by atoms with Gasteiger partial charge in [-0.3, -0.25) is 4.99 Å². The fourth-order valence-corrected chi connectivity index (χ4v) is 0.997. The first-order chi connectivity index (χ1) is 6.80. The van der Waals surface area contributed by atoms with Gasteiger partial charge in [-0.25, -0.2) is 4.98 Å². The molecule has 0 atom stereocenters. The molecule has 1 heterocycles. The van der Waals surface area contributed by atoms with Crippen LogP contribution in [-0.2, 0) is 6.54 Å². The summed E-state index contributed by atoms with van der Waals surface area (Å²) in [5, 5.41) is 0. The number of nitrogens with zero attached hydrogens (tertiary/aromatic N) is 2. The summed E-state index contributed by atoms with van der Waals surface area (Å²) in [6, 6.07) is 0. The minimum Gasteiger partial charge on any atom is -0.444 e. The number of oxazole rings is 1. The van der Waals surface area contributed by atoms with Crippen LogP contribution in [-0.4, -0.2) is 10.8 Å². The van der Waals surface area contributed by atoms with Crippen molar-refractivity contribution in [1.29, 1.82) is 0 Å². The van der Waals surface area contributed by atoms with Crippen LogP contribution in [0, 0.1) is 19.3 Å². The lowest BCUT2D eigenvalue weighted by Crippen LogP contribution is -2.29. The molecule has 0 amide bonds. The van der Waals surface area contributed by atoms with Crippen LogP contribution in [0.25, 0.3) is 0 Å². The summed E-state index contributed by atoms with van der Waals surface area (Å²) in [7, 11) is 0. The SMILES string of the molecule is Cc1nc(CN=C(N)C(C)(C)C)oc1C. The number of aliphatic imine (C=N–C) groups is 1. The molecule has 0 unspecified atom stereocenters. The lowest BCUT2D eigenvalue weighted by molar-refractivity contribution is 0.471. The number of aryl methyl sites for hydroxylation is 2. The minimum atomic E-state index is -0.101. The van der Waals surface area contributed by atoms with Crippen molar-refractivity contribution < 1.29 is 4.42 Å². The molecule has 0 bridgehead atoms. The van der Waals surface area contributed by atoms with Crippen molar-refractivity contribution in [2.75, 3.05) is 0 Å². The van der Waals surface area contributed by atoms with E-state index in [0.29, 0.717) is 18.3 Å².